The first kappa shape index (κ1) is 13.6. The lowest BCUT2D eigenvalue weighted by molar-refractivity contribution is 0.607. The van der Waals surface area contributed by atoms with Crippen molar-refractivity contribution in [3.8, 4) is 11.3 Å². The number of pyridine rings is 1. The third kappa shape index (κ3) is 2.90. The fourth-order valence-electron chi connectivity index (χ4n) is 2.22. The summed E-state index contributed by atoms with van der Waals surface area (Å²) in [6, 6.07) is 11.2. The van der Waals surface area contributed by atoms with Gasteiger partial charge >= 0.3 is 0 Å². The molecular weight excluding hydrogens is 286 g/mol. The molecule has 0 radical (unpaired) electrons. The van der Waals surface area contributed by atoms with Crippen molar-refractivity contribution in [3.05, 3.63) is 54.4 Å². The van der Waals surface area contributed by atoms with E-state index in [4.69, 9.17) is 0 Å². The highest BCUT2D eigenvalue weighted by Crippen LogP contribution is 2.22. The Bertz CT molecular complexity index is 896. The lowest BCUT2D eigenvalue weighted by Gasteiger charge is -2.04. The van der Waals surface area contributed by atoms with Gasteiger partial charge in [0.15, 0.2) is 0 Å². The van der Waals surface area contributed by atoms with Crippen LogP contribution in [-0.2, 0) is 10.0 Å². The fraction of sp³-hybridized carbons (Fsp3) is 0.133. The summed E-state index contributed by atoms with van der Waals surface area (Å²) in [5.74, 6) is 0. The van der Waals surface area contributed by atoms with E-state index in [-0.39, 0.29) is 0 Å². The van der Waals surface area contributed by atoms with E-state index in [1.54, 1.807) is 12.1 Å². The maximum Gasteiger partial charge on any atom is 0.229 e. The molecule has 5 nitrogen and oxygen atoms in total. The van der Waals surface area contributed by atoms with Gasteiger partial charge in [0.25, 0.3) is 0 Å². The first-order valence-electron chi connectivity index (χ1n) is 6.45. The lowest BCUT2D eigenvalue weighted by Crippen LogP contribution is -2.09. The Morgan fingerprint density at radius 3 is 2.48 bits per heavy atom. The molecule has 2 heterocycles. The van der Waals surface area contributed by atoms with Crippen molar-refractivity contribution in [1.82, 2.24) is 9.38 Å². The Hall–Kier alpha value is -2.34. The fourth-order valence-corrected chi connectivity index (χ4v) is 2.78. The largest absolute Gasteiger partial charge is 0.306 e. The highest BCUT2D eigenvalue weighted by Gasteiger charge is 2.07. The SMILES string of the molecule is Cc1cccn2cc(-c3ccc(NS(C)(=O)=O)cc3)nc12. The first-order chi connectivity index (χ1) is 9.92. The predicted octanol–water partition coefficient (Wildman–Crippen LogP) is 2.68. The van der Waals surface area contributed by atoms with Crippen LogP contribution in [0.3, 0.4) is 0 Å². The van der Waals surface area contributed by atoms with E-state index in [1.165, 1.54) is 0 Å². The number of imidazole rings is 1. The van der Waals surface area contributed by atoms with Gasteiger partial charge in [-0.2, -0.15) is 0 Å². The summed E-state index contributed by atoms with van der Waals surface area (Å²) >= 11 is 0. The monoisotopic (exact) mass is 301 g/mol. The molecule has 0 spiro atoms. The molecule has 0 aliphatic carbocycles. The molecule has 0 aliphatic rings. The number of sulfonamides is 1. The number of nitrogens with zero attached hydrogens (tertiary/aromatic N) is 2. The van der Waals surface area contributed by atoms with Crippen molar-refractivity contribution in [2.75, 3.05) is 11.0 Å². The van der Waals surface area contributed by atoms with Gasteiger partial charge in [-0.25, -0.2) is 13.4 Å². The standard InChI is InChI=1S/C15H15N3O2S/c1-11-4-3-9-18-10-14(16-15(11)18)12-5-7-13(8-6-12)17-21(2,19)20/h3-10,17H,1-2H3. The van der Waals surface area contributed by atoms with E-state index in [0.717, 1.165) is 28.7 Å². The Kier molecular flexibility index (Phi) is 3.17. The molecule has 0 aliphatic heterocycles. The molecule has 0 amide bonds. The first-order valence-corrected chi connectivity index (χ1v) is 8.34. The summed E-state index contributed by atoms with van der Waals surface area (Å²) in [5, 5.41) is 0. The van der Waals surface area contributed by atoms with Crippen LogP contribution < -0.4 is 4.72 Å². The Morgan fingerprint density at radius 1 is 1.14 bits per heavy atom. The van der Waals surface area contributed by atoms with Gasteiger partial charge in [0.2, 0.25) is 10.0 Å². The molecule has 0 saturated heterocycles. The van der Waals surface area contributed by atoms with E-state index < -0.39 is 10.0 Å². The smallest absolute Gasteiger partial charge is 0.229 e. The van der Waals surface area contributed by atoms with Gasteiger partial charge in [0, 0.05) is 23.6 Å². The molecule has 3 aromatic rings. The van der Waals surface area contributed by atoms with Gasteiger partial charge in [0.05, 0.1) is 11.9 Å². The highest BCUT2D eigenvalue weighted by molar-refractivity contribution is 7.92. The van der Waals surface area contributed by atoms with Crippen LogP contribution in [0.5, 0.6) is 0 Å². The molecule has 0 saturated carbocycles. The van der Waals surface area contributed by atoms with Crippen molar-refractivity contribution in [1.29, 1.82) is 0 Å². The van der Waals surface area contributed by atoms with E-state index >= 15 is 0 Å². The molecule has 1 aromatic carbocycles. The zero-order valence-corrected chi connectivity index (χ0v) is 12.6. The third-order valence-electron chi connectivity index (χ3n) is 3.16. The highest BCUT2D eigenvalue weighted by atomic mass is 32.2. The van der Waals surface area contributed by atoms with E-state index in [2.05, 4.69) is 9.71 Å². The number of rotatable bonds is 3. The van der Waals surface area contributed by atoms with Crippen LogP contribution in [0.15, 0.2) is 48.8 Å². The van der Waals surface area contributed by atoms with Crippen LogP contribution in [0, 0.1) is 6.92 Å². The topological polar surface area (TPSA) is 63.5 Å². The second-order valence-corrected chi connectivity index (χ2v) is 6.75. The molecule has 2 aromatic heterocycles. The lowest BCUT2D eigenvalue weighted by atomic mass is 10.1. The van der Waals surface area contributed by atoms with Crippen molar-refractivity contribution in [3.63, 3.8) is 0 Å². The summed E-state index contributed by atoms with van der Waals surface area (Å²) in [5.41, 5.74) is 4.37. The number of nitrogens with one attached hydrogen (secondary N) is 1. The normalized spacial score (nSPS) is 11.7. The van der Waals surface area contributed by atoms with Crippen molar-refractivity contribution < 1.29 is 8.42 Å². The molecule has 21 heavy (non-hydrogen) atoms. The summed E-state index contributed by atoms with van der Waals surface area (Å²) in [6.07, 6.45) is 5.05. The van der Waals surface area contributed by atoms with Gasteiger partial charge in [0.1, 0.15) is 5.65 Å². The van der Waals surface area contributed by atoms with E-state index in [1.807, 2.05) is 48.0 Å². The molecule has 0 atom stereocenters. The maximum absolute atomic E-state index is 11.2. The minimum atomic E-state index is -3.25. The van der Waals surface area contributed by atoms with Crippen LogP contribution in [0.4, 0.5) is 5.69 Å². The summed E-state index contributed by atoms with van der Waals surface area (Å²) < 4.78 is 26.8. The Labute approximate surface area is 123 Å². The number of hydrogen-bond donors (Lipinski definition) is 1. The predicted molar refractivity (Wildman–Crippen MR) is 83.8 cm³/mol. The van der Waals surface area contributed by atoms with Crippen molar-refractivity contribution in [2.24, 2.45) is 0 Å². The minimum Gasteiger partial charge on any atom is -0.306 e. The van der Waals surface area contributed by atoms with Crippen LogP contribution >= 0.6 is 0 Å². The summed E-state index contributed by atoms with van der Waals surface area (Å²) in [7, 11) is -3.25. The quantitative estimate of drug-likeness (QED) is 0.809. The van der Waals surface area contributed by atoms with Gasteiger partial charge in [-0.1, -0.05) is 18.2 Å². The summed E-state index contributed by atoms with van der Waals surface area (Å²) in [4.78, 5) is 4.61. The number of benzene rings is 1. The zero-order chi connectivity index (χ0) is 15.0. The molecule has 0 fully saturated rings. The molecule has 0 bridgehead atoms. The number of hydrogen-bond acceptors (Lipinski definition) is 3. The maximum atomic E-state index is 11.2. The number of aryl methyl sites for hydroxylation is 1. The number of aromatic nitrogens is 2. The van der Waals surface area contributed by atoms with Crippen LogP contribution in [0.1, 0.15) is 5.56 Å². The van der Waals surface area contributed by atoms with E-state index in [0.29, 0.717) is 5.69 Å². The van der Waals surface area contributed by atoms with Crippen LogP contribution in [0.2, 0.25) is 0 Å². The number of anilines is 1. The van der Waals surface area contributed by atoms with Gasteiger partial charge in [-0.3, -0.25) is 4.72 Å². The van der Waals surface area contributed by atoms with Gasteiger partial charge in [-0.05, 0) is 30.7 Å². The average Bonchev–Trinajstić information content (AvgIpc) is 2.83. The van der Waals surface area contributed by atoms with Crippen molar-refractivity contribution >= 4 is 21.4 Å². The molecular formula is C15H15N3O2S. The zero-order valence-electron chi connectivity index (χ0n) is 11.7. The Balaban J connectivity index is 1.97. The van der Waals surface area contributed by atoms with Gasteiger partial charge in [-0.15, -0.1) is 0 Å². The van der Waals surface area contributed by atoms with Gasteiger partial charge < -0.3 is 4.40 Å². The summed E-state index contributed by atoms with van der Waals surface area (Å²) in [6.45, 7) is 2.02. The number of fused-ring (bicyclic) bond motifs is 1. The third-order valence-corrected chi connectivity index (χ3v) is 3.77. The van der Waals surface area contributed by atoms with E-state index in [9.17, 15) is 8.42 Å². The van der Waals surface area contributed by atoms with Crippen LogP contribution in [0.25, 0.3) is 16.9 Å². The molecule has 108 valence electrons. The minimum absolute atomic E-state index is 0.543. The second-order valence-electron chi connectivity index (χ2n) is 5.00. The average molecular weight is 301 g/mol. The molecule has 0 unspecified atom stereocenters. The van der Waals surface area contributed by atoms with Crippen LogP contribution in [-0.4, -0.2) is 24.1 Å². The molecule has 3 rings (SSSR count). The second kappa shape index (κ2) is 4.89. The molecule has 6 heteroatoms. The Morgan fingerprint density at radius 2 is 1.86 bits per heavy atom. The van der Waals surface area contributed by atoms with Crippen molar-refractivity contribution in [2.45, 2.75) is 6.92 Å². The molecule has 1 N–H and O–H groups in total.